The summed E-state index contributed by atoms with van der Waals surface area (Å²) < 4.78 is 16.2. The summed E-state index contributed by atoms with van der Waals surface area (Å²) in [4.78, 5) is 18.5. The summed E-state index contributed by atoms with van der Waals surface area (Å²) in [5, 5.41) is 4.01. The van der Waals surface area contributed by atoms with Crippen molar-refractivity contribution < 1.29 is 18.8 Å². The van der Waals surface area contributed by atoms with Gasteiger partial charge in [-0.2, -0.15) is 4.98 Å². The van der Waals surface area contributed by atoms with Crippen molar-refractivity contribution in [2.24, 2.45) is 0 Å². The molecule has 1 saturated heterocycles. The van der Waals surface area contributed by atoms with Crippen LogP contribution in [0, 0.1) is 0 Å². The van der Waals surface area contributed by atoms with E-state index in [1.807, 2.05) is 31.3 Å². The molecule has 0 radical (unpaired) electrons. The number of aryl methyl sites for hydroxylation is 1. The number of benzene rings is 1. The lowest BCUT2D eigenvalue weighted by atomic mass is 10.1. The molecule has 0 spiro atoms. The van der Waals surface area contributed by atoms with Gasteiger partial charge in [0.2, 0.25) is 17.6 Å². The largest absolute Gasteiger partial charge is 0.496 e. The first-order valence-corrected chi connectivity index (χ1v) is 9.49. The number of hydrogen-bond donors (Lipinski definition) is 0. The summed E-state index contributed by atoms with van der Waals surface area (Å²) in [6, 6.07) is 7.50. The maximum atomic E-state index is 12.3. The Hall–Kier alpha value is -2.41. The summed E-state index contributed by atoms with van der Waals surface area (Å²) in [5.74, 6) is 1.70. The monoisotopic (exact) mass is 373 g/mol. The van der Waals surface area contributed by atoms with E-state index in [0.717, 1.165) is 44.4 Å². The number of nitrogens with zero attached hydrogens (tertiary/aromatic N) is 3. The zero-order valence-electron chi connectivity index (χ0n) is 16.0. The van der Waals surface area contributed by atoms with Gasteiger partial charge in [-0.3, -0.25) is 4.79 Å². The Kier molecular flexibility index (Phi) is 6.81. The number of hydrogen-bond acceptors (Lipinski definition) is 6. The van der Waals surface area contributed by atoms with E-state index >= 15 is 0 Å². The molecule has 146 valence electrons. The molecule has 7 heteroatoms. The van der Waals surface area contributed by atoms with Crippen LogP contribution >= 0.6 is 0 Å². The van der Waals surface area contributed by atoms with Crippen molar-refractivity contribution in [3.63, 3.8) is 0 Å². The van der Waals surface area contributed by atoms with Crippen LogP contribution < -0.4 is 4.74 Å². The molecule has 0 unspecified atom stereocenters. The van der Waals surface area contributed by atoms with Crippen molar-refractivity contribution in [3.05, 3.63) is 30.2 Å². The SMILES string of the molecule is COc1ccccc1-c1noc(CCC(=O)N(C)CCC[C@@H]2CCCO2)n1. The molecule has 1 fully saturated rings. The quantitative estimate of drug-likeness (QED) is 0.672. The molecular formula is C20H27N3O4. The maximum absolute atomic E-state index is 12.3. The van der Waals surface area contributed by atoms with E-state index in [4.69, 9.17) is 14.0 Å². The second-order valence-corrected chi connectivity index (χ2v) is 6.80. The van der Waals surface area contributed by atoms with Crippen molar-refractivity contribution in [2.45, 2.75) is 44.6 Å². The molecule has 1 aliphatic heterocycles. The van der Waals surface area contributed by atoms with Gasteiger partial charge in [-0.15, -0.1) is 0 Å². The second kappa shape index (κ2) is 9.50. The van der Waals surface area contributed by atoms with E-state index in [0.29, 0.717) is 36.4 Å². The van der Waals surface area contributed by atoms with Crippen LogP contribution in [-0.2, 0) is 16.0 Å². The van der Waals surface area contributed by atoms with Crippen LogP contribution in [-0.4, -0.2) is 54.4 Å². The first-order chi connectivity index (χ1) is 13.2. The first-order valence-electron chi connectivity index (χ1n) is 9.49. The molecule has 2 aromatic rings. The molecule has 27 heavy (non-hydrogen) atoms. The number of carbonyl (C=O) groups excluding carboxylic acids is 1. The Bertz CT molecular complexity index is 740. The van der Waals surface area contributed by atoms with Gasteiger partial charge < -0.3 is 18.9 Å². The average molecular weight is 373 g/mol. The minimum absolute atomic E-state index is 0.0828. The third-order valence-corrected chi connectivity index (χ3v) is 4.84. The fraction of sp³-hybridized carbons (Fsp3) is 0.550. The third-order valence-electron chi connectivity index (χ3n) is 4.84. The van der Waals surface area contributed by atoms with Gasteiger partial charge in [0, 0.05) is 33.0 Å². The van der Waals surface area contributed by atoms with Crippen LogP contribution in [0.4, 0.5) is 0 Å². The standard InChI is InChI=1S/C20H27N3O4/c1-23(13-5-7-15-8-6-14-26-15)19(24)12-11-18-21-20(22-27-18)16-9-3-4-10-17(16)25-2/h3-4,9-10,15H,5-8,11-14H2,1-2H3/t15-/m1/s1. The lowest BCUT2D eigenvalue weighted by Crippen LogP contribution is -2.28. The molecule has 0 aliphatic carbocycles. The molecule has 3 rings (SSSR count). The summed E-state index contributed by atoms with van der Waals surface area (Å²) in [7, 11) is 3.44. The van der Waals surface area contributed by atoms with Crippen LogP contribution in [0.5, 0.6) is 5.75 Å². The number of methoxy groups -OCH3 is 1. The number of ether oxygens (including phenoxy) is 2. The third kappa shape index (κ3) is 5.29. The Morgan fingerprint density at radius 3 is 3.00 bits per heavy atom. The minimum Gasteiger partial charge on any atom is -0.496 e. The fourth-order valence-electron chi connectivity index (χ4n) is 3.25. The molecule has 0 bridgehead atoms. The molecule has 0 N–H and O–H groups in total. The molecule has 1 atom stereocenters. The highest BCUT2D eigenvalue weighted by molar-refractivity contribution is 5.76. The van der Waals surface area contributed by atoms with Crippen LogP contribution in [0.15, 0.2) is 28.8 Å². The Balaban J connectivity index is 1.45. The van der Waals surface area contributed by atoms with E-state index in [1.165, 1.54) is 0 Å². The van der Waals surface area contributed by atoms with Crippen LogP contribution in [0.3, 0.4) is 0 Å². The zero-order valence-corrected chi connectivity index (χ0v) is 16.0. The highest BCUT2D eigenvalue weighted by Crippen LogP contribution is 2.27. The summed E-state index contributed by atoms with van der Waals surface area (Å²) in [5.41, 5.74) is 0.771. The Morgan fingerprint density at radius 2 is 2.22 bits per heavy atom. The molecule has 1 aromatic heterocycles. The van der Waals surface area contributed by atoms with Crippen molar-refractivity contribution >= 4 is 5.91 Å². The van der Waals surface area contributed by atoms with Crippen LogP contribution in [0.1, 0.15) is 38.0 Å². The zero-order chi connectivity index (χ0) is 19.1. The number of aromatic nitrogens is 2. The smallest absolute Gasteiger partial charge is 0.227 e. The topological polar surface area (TPSA) is 77.7 Å². The molecule has 1 amide bonds. The van der Waals surface area contributed by atoms with E-state index < -0.39 is 0 Å². The molecule has 7 nitrogen and oxygen atoms in total. The predicted octanol–water partition coefficient (Wildman–Crippen LogP) is 3.10. The Labute approximate surface area is 159 Å². The van der Waals surface area contributed by atoms with Gasteiger partial charge in [0.05, 0.1) is 18.8 Å². The highest BCUT2D eigenvalue weighted by atomic mass is 16.5. The van der Waals surface area contributed by atoms with Crippen LogP contribution in [0.2, 0.25) is 0 Å². The molecular weight excluding hydrogens is 346 g/mol. The average Bonchev–Trinajstić information content (AvgIpc) is 3.38. The van der Waals surface area contributed by atoms with Crippen molar-refractivity contribution in [1.82, 2.24) is 15.0 Å². The van der Waals surface area contributed by atoms with Gasteiger partial charge in [-0.1, -0.05) is 17.3 Å². The predicted molar refractivity (Wildman–Crippen MR) is 100 cm³/mol. The minimum atomic E-state index is 0.0828. The van der Waals surface area contributed by atoms with Gasteiger partial charge in [-0.25, -0.2) is 0 Å². The van der Waals surface area contributed by atoms with Gasteiger partial charge in [-0.05, 0) is 37.8 Å². The Morgan fingerprint density at radius 1 is 1.37 bits per heavy atom. The van der Waals surface area contributed by atoms with Gasteiger partial charge in [0.1, 0.15) is 5.75 Å². The van der Waals surface area contributed by atoms with Crippen molar-refractivity contribution in [3.8, 4) is 17.1 Å². The number of carbonyl (C=O) groups is 1. The lowest BCUT2D eigenvalue weighted by Gasteiger charge is -2.17. The fourth-order valence-corrected chi connectivity index (χ4v) is 3.25. The van der Waals surface area contributed by atoms with Gasteiger partial charge in [0.25, 0.3) is 0 Å². The normalized spacial score (nSPS) is 16.4. The molecule has 1 aromatic carbocycles. The molecule has 2 heterocycles. The van der Waals surface area contributed by atoms with Crippen LogP contribution in [0.25, 0.3) is 11.4 Å². The van der Waals surface area contributed by atoms with Gasteiger partial charge in [0.15, 0.2) is 0 Å². The highest BCUT2D eigenvalue weighted by Gasteiger charge is 2.17. The van der Waals surface area contributed by atoms with E-state index in [1.54, 1.807) is 12.0 Å². The van der Waals surface area contributed by atoms with Gasteiger partial charge >= 0.3 is 0 Å². The number of rotatable bonds is 9. The summed E-state index contributed by atoms with van der Waals surface area (Å²) in [6.45, 7) is 1.62. The summed E-state index contributed by atoms with van der Waals surface area (Å²) >= 11 is 0. The maximum Gasteiger partial charge on any atom is 0.227 e. The molecule has 1 aliphatic rings. The second-order valence-electron chi connectivity index (χ2n) is 6.80. The van der Waals surface area contributed by atoms with E-state index in [2.05, 4.69) is 10.1 Å². The first kappa shape index (κ1) is 19.4. The lowest BCUT2D eigenvalue weighted by molar-refractivity contribution is -0.130. The van der Waals surface area contributed by atoms with E-state index in [-0.39, 0.29) is 5.91 Å². The van der Waals surface area contributed by atoms with Crippen molar-refractivity contribution in [2.75, 3.05) is 27.3 Å². The molecule has 0 saturated carbocycles. The van der Waals surface area contributed by atoms with Crippen molar-refractivity contribution in [1.29, 1.82) is 0 Å². The summed E-state index contributed by atoms with van der Waals surface area (Å²) in [6.07, 6.45) is 5.43. The number of amides is 1. The van der Waals surface area contributed by atoms with E-state index in [9.17, 15) is 4.79 Å². The number of para-hydroxylation sites is 1.